The Bertz CT molecular complexity index is 533. The Labute approximate surface area is 127 Å². The third kappa shape index (κ3) is 3.13. The number of thiophene rings is 1. The molecule has 18 heavy (non-hydrogen) atoms. The lowest BCUT2D eigenvalue weighted by Gasteiger charge is -2.18. The maximum atomic E-state index is 3.60. The molecular weight excluding hydrogens is 353 g/mol. The number of rotatable bonds is 4. The van der Waals surface area contributed by atoms with Gasteiger partial charge in [0.2, 0.25) is 0 Å². The molecule has 96 valence electrons. The Kier molecular flexibility index (Phi) is 4.81. The minimum absolute atomic E-state index is 0.323. The van der Waals surface area contributed by atoms with Gasteiger partial charge in [-0.1, -0.05) is 19.1 Å². The van der Waals surface area contributed by atoms with E-state index in [1.165, 1.54) is 24.5 Å². The first kappa shape index (κ1) is 14.0. The summed E-state index contributed by atoms with van der Waals surface area (Å²) in [7, 11) is 0. The maximum Gasteiger partial charge on any atom is 0.0674 e. The molecule has 3 heteroatoms. The minimum Gasteiger partial charge on any atom is -0.306 e. The molecule has 0 aliphatic carbocycles. The van der Waals surface area contributed by atoms with E-state index in [1.54, 1.807) is 0 Å². The fourth-order valence-electron chi connectivity index (χ4n) is 2.20. The van der Waals surface area contributed by atoms with Crippen LogP contribution in [0, 0.1) is 17.4 Å². The lowest BCUT2D eigenvalue weighted by molar-refractivity contribution is 0.637. The van der Waals surface area contributed by atoms with E-state index < -0.39 is 0 Å². The van der Waals surface area contributed by atoms with Gasteiger partial charge in [0.25, 0.3) is 0 Å². The molecule has 0 aliphatic rings. The highest BCUT2D eigenvalue weighted by atomic mass is 127. The van der Waals surface area contributed by atoms with Crippen molar-refractivity contribution >= 4 is 33.9 Å². The molecule has 0 fully saturated rings. The molecule has 0 radical (unpaired) electrons. The van der Waals surface area contributed by atoms with Crippen molar-refractivity contribution in [1.82, 2.24) is 5.32 Å². The summed E-state index contributed by atoms with van der Waals surface area (Å²) in [6, 6.07) is 11.4. The highest BCUT2D eigenvalue weighted by Crippen LogP contribution is 2.32. The summed E-state index contributed by atoms with van der Waals surface area (Å²) in [5, 5.41) is 3.60. The van der Waals surface area contributed by atoms with Crippen LogP contribution in [0.5, 0.6) is 0 Å². The molecule has 1 unspecified atom stereocenters. The van der Waals surface area contributed by atoms with Crippen molar-refractivity contribution in [3.8, 4) is 0 Å². The second kappa shape index (κ2) is 6.17. The zero-order valence-corrected chi connectivity index (χ0v) is 13.9. The van der Waals surface area contributed by atoms with Crippen molar-refractivity contribution in [2.45, 2.75) is 26.8 Å². The third-order valence-electron chi connectivity index (χ3n) is 2.93. The quantitative estimate of drug-likeness (QED) is 0.771. The number of benzene rings is 1. The summed E-state index contributed by atoms with van der Waals surface area (Å²) in [4.78, 5) is 2.83. The molecule has 0 bridgehead atoms. The van der Waals surface area contributed by atoms with E-state index in [-0.39, 0.29) is 0 Å². The van der Waals surface area contributed by atoms with Crippen LogP contribution in [-0.2, 0) is 0 Å². The van der Waals surface area contributed by atoms with E-state index in [4.69, 9.17) is 0 Å². The molecule has 1 aromatic carbocycles. The lowest BCUT2D eigenvalue weighted by Crippen LogP contribution is -2.21. The second-order valence-electron chi connectivity index (χ2n) is 4.45. The van der Waals surface area contributed by atoms with Gasteiger partial charge in [0.05, 0.1) is 6.04 Å². The first-order chi connectivity index (χ1) is 8.61. The minimum atomic E-state index is 0.323. The summed E-state index contributed by atoms with van der Waals surface area (Å²) in [6.07, 6.45) is 0. The van der Waals surface area contributed by atoms with Gasteiger partial charge in [0.1, 0.15) is 0 Å². The monoisotopic (exact) mass is 371 g/mol. The summed E-state index contributed by atoms with van der Waals surface area (Å²) in [5.74, 6) is 0. The van der Waals surface area contributed by atoms with Gasteiger partial charge in [0.15, 0.2) is 0 Å². The Morgan fingerprint density at radius 3 is 2.61 bits per heavy atom. The number of halogens is 1. The fraction of sp³-hybridized carbons (Fsp3) is 0.333. The number of nitrogens with one attached hydrogen (secondary N) is 1. The van der Waals surface area contributed by atoms with Gasteiger partial charge in [-0.25, -0.2) is 0 Å². The van der Waals surface area contributed by atoms with Crippen molar-refractivity contribution in [3.63, 3.8) is 0 Å². The molecule has 0 amide bonds. The van der Waals surface area contributed by atoms with Gasteiger partial charge >= 0.3 is 0 Å². The highest BCUT2D eigenvalue weighted by molar-refractivity contribution is 14.1. The molecule has 0 aliphatic heterocycles. The predicted octanol–water partition coefficient (Wildman–Crippen LogP) is 4.67. The van der Waals surface area contributed by atoms with Crippen molar-refractivity contribution < 1.29 is 0 Å². The molecule has 0 saturated heterocycles. The third-order valence-corrected chi connectivity index (χ3v) is 4.82. The van der Waals surface area contributed by atoms with Crippen LogP contribution in [0.15, 0.2) is 30.3 Å². The average Bonchev–Trinajstić information content (AvgIpc) is 2.65. The predicted molar refractivity (Wildman–Crippen MR) is 88.5 cm³/mol. The molecule has 1 atom stereocenters. The maximum absolute atomic E-state index is 3.60. The van der Waals surface area contributed by atoms with Crippen LogP contribution in [0.3, 0.4) is 0 Å². The van der Waals surface area contributed by atoms with Crippen LogP contribution in [0.4, 0.5) is 0 Å². The fourth-order valence-corrected chi connectivity index (χ4v) is 3.91. The van der Waals surface area contributed by atoms with Crippen molar-refractivity contribution in [2.24, 2.45) is 0 Å². The van der Waals surface area contributed by atoms with Gasteiger partial charge in [-0.2, -0.15) is 0 Å². The van der Waals surface area contributed by atoms with Crippen LogP contribution in [-0.4, -0.2) is 6.54 Å². The first-order valence-electron chi connectivity index (χ1n) is 6.17. The molecule has 1 heterocycles. The largest absolute Gasteiger partial charge is 0.306 e. The molecule has 1 N–H and O–H groups in total. The Morgan fingerprint density at radius 1 is 1.28 bits per heavy atom. The van der Waals surface area contributed by atoms with Crippen LogP contribution in [0.1, 0.15) is 33.8 Å². The van der Waals surface area contributed by atoms with Gasteiger partial charge < -0.3 is 5.32 Å². The Morgan fingerprint density at radius 2 is 2.06 bits per heavy atom. The van der Waals surface area contributed by atoms with Gasteiger partial charge in [-0.15, -0.1) is 11.3 Å². The molecule has 1 nitrogen and oxygen atoms in total. The summed E-state index contributed by atoms with van der Waals surface area (Å²) in [6.45, 7) is 7.53. The van der Waals surface area contributed by atoms with Crippen molar-refractivity contribution in [3.05, 3.63) is 54.8 Å². The molecule has 0 saturated carbocycles. The molecule has 2 aromatic rings. The molecular formula is C15H18INS. The van der Waals surface area contributed by atoms with Gasteiger partial charge in [0, 0.05) is 13.3 Å². The van der Waals surface area contributed by atoms with Crippen LogP contribution in [0.2, 0.25) is 0 Å². The molecule has 2 rings (SSSR count). The van der Waals surface area contributed by atoms with E-state index in [9.17, 15) is 0 Å². The highest BCUT2D eigenvalue weighted by Gasteiger charge is 2.17. The van der Waals surface area contributed by atoms with Crippen LogP contribution < -0.4 is 5.32 Å². The van der Waals surface area contributed by atoms with E-state index in [0.29, 0.717) is 6.04 Å². The van der Waals surface area contributed by atoms with Gasteiger partial charge in [-0.05, 0) is 72.3 Å². The number of hydrogen-bond acceptors (Lipinski definition) is 2. The summed E-state index contributed by atoms with van der Waals surface area (Å²) in [5.41, 5.74) is 2.75. The van der Waals surface area contributed by atoms with Crippen LogP contribution >= 0.6 is 33.9 Å². The zero-order valence-electron chi connectivity index (χ0n) is 11.0. The number of hydrogen-bond donors (Lipinski definition) is 1. The van der Waals surface area contributed by atoms with Crippen LogP contribution in [0.25, 0.3) is 0 Å². The Balaban J connectivity index is 2.42. The Hall–Kier alpha value is -0.390. The second-order valence-corrected chi connectivity index (χ2v) is 6.98. The zero-order chi connectivity index (χ0) is 13.1. The van der Waals surface area contributed by atoms with E-state index in [1.807, 2.05) is 11.3 Å². The number of aryl methyl sites for hydroxylation is 2. The summed E-state index contributed by atoms with van der Waals surface area (Å²) >= 11 is 4.27. The SMILES string of the molecule is CCNC(c1cccc(I)c1)c1sc(C)cc1C. The summed E-state index contributed by atoms with van der Waals surface area (Å²) < 4.78 is 1.29. The van der Waals surface area contributed by atoms with E-state index in [2.05, 4.69) is 79.0 Å². The first-order valence-corrected chi connectivity index (χ1v) is 8.07. The topological polar surface area (TPSA) is 12.0 Å². The molecule has 0 spiro atoms. The van der Waals surface area contributed by atoms with Crippen molar-refractivity contribution in [1.29, 1.82) is 0 Å². The van der Waals surface area contributed by atoms with Crippen molar-refractivity contribution in [2.75, 3.05) is 6.54 Å². The van der Waals surface area contributed by atoms with E-state index in [0.717, 1.165) is 6.54 Å². The lowest BCUT2D eigenvalue weighted by atomic mass is 10.0. The average molecular weight is 371 g/mol. The van der Waals surface area contributed by atoms with E-state index >= 15 is 0 Å². The smallest absolute Gasteiger partial charge is 0.0674 e. The molecule has 1 aromatic heterocycles. The standard InChI is InChI=1S/C15H18INS/c1-4-17-14(12-6-5-7-13(16)9-12)15-10(2)8-11(3)18-15/h5-9,14,17H,4H2,1-3H3. The normalized spacial score (nSPS) is 12.7. The van der Waals surface area contributed by atoms with Gasteiger partial charge in [-0.3, -0.25) is 0 Å².